The van der Waals surface area contributed by atoms with Crippen molar-refractivity contribution in [1.82, 2.24) is 9.97 Å². The summed E-state index contributed by atoms with van der Waals surface area (Å²) in [5.74, 6) is 0.0151. The highest BCUT2D eigenvalue weighted by molar-refractivity contribution is 8.00. The maximum Gasteiger partial charge on any atom is 0.237 e. The Labute approximate surface area is 172 Å². The van der Waals surface area contributed by atoms with Gasteiger partial charge < -0.3 is 5.32 Å². The van der Waals surface area contributed by atoms with Crippen molar-refractivity contribution in [2.75, 3.05) is 5.32 Å². The van der Waals surface area contributed by atoms with E-state index in [1.807, 2.05) is 37.3 Å². The number of aromatic nitrogens is 2. The highest BCUT2D eigenvalue weighted by Crippen LogP contribution is 2.38. The zero-order valence-electron chi connectivity index (χ0n) is 15.8. The third-order valence-corrected chi connectivity index (χ3v) is 7.36. The second kappa shape index (κ2) is 8.29. The van der Waals surface area contributed by atoms with Crippen molar-refractivity contribution in [3.63, 3.8) is 0 Å². The summed E-state index contributed by atoms with van der Waals surface area (Å²) in [6.07, 6.45) is 3.21. The second-order valence-electron chi connectivity index (χ2n) is 6.47. The Hall–Kier alpha value is -2.44. The van der Waals surface area contributed by atoms with E-state index >= 15 is 0 Å². The maximum absolute atomic E-state index is 13.0. The molecule has 4 rings (SSSR count). The number of hydrogen-bond donors (Lipinski definition) is 1. The summed E-state index contributed by atoms with van der Waals surface area (Å²) in [6, 6.07) is 16.2. The van der Waals surface area contributed by atoms with Gasteiger partial charge in [0.25, 0.3) is 0 Å². The standard InChI is InChI=1S/C22H21N3OS2/c1-3-14-9-5-7-11-16(14)25-21(26)17(4-2)28-22-20-19(23-13-24-22)15-10-6-8-12-18(15)27-20/h5-13,17H,3-4H2,1-2H3,(H,25,26)/t17-/m1/s1. The number of fused-ring (bicyclic) bond motifs is 3. The number of benzene rings is 2. The number of hydrogen-bond acceptors (Lipinski definition) is 5. The summed E-state index contributed by atoms with van der Waals surface area (Å²) in [5.41, 5.74) is 3.00. The van der Waals surface area contributed by atoms with E-state index in [1.165, 1.54) is 16.5 Å². The normalized spacial score (nSPS) is 12.4. The molecule has 142 valence electrons. The Kier molecular flexibility index (Phi) is 5.59. The van der Waals surface area contributed by atoms with E-state index < -0.39 is 0 Å². The Morgan fingerprint density at radius 2 is 1.89 bits per heavy atom. The molecule has 28 heavy (non-hydrogen) atoms. The predicted molar refractivity (Wildman–Crippen MR) is 119 cm³/mol. The molecule has 0 aliphatic heterocycles. The number of carbonyl (C=O) groups is 1. The van der Waals surface area contributed by atoms with Crippen molar-refractivity contribution in [3.05, 3.63) is 60.4 Å². The minimum absolute atomic E-state index is 0.0151. The van der Waals surface area contributed by atoms with Crippen LogP contribution in [-0.4, -0.2) is 21.1 Å². The van der Waals surface area contributed by atoms with Crippen LogP contribution >= 0.6 is 23.1 Å². The predicted octanol–water partition coefficient (Wildman–Crippen LogP) is 5.92. The van der Waals surface area contributed by atoms with Crippen LogP contribution in [0.3, 0.4) is 0 Å². The number of para-hydroxylation sites is 1. The first-order valence-electron chi connectivity index (χ1n) is 9.39. The van der Waals surface area contributed by atoms with Gasteiger partial charge in [-0.15, -0.1) is 11.3 Å². The first kappa shape index (κ1) is 18.9. The van der Waals surface area contributed by atoms with Gasteiger partial charge in [0.2, 0.25) is 5.91 Å². The van der Waals surface area contributed by atoms with Crippen LogP contribution in [0.2, 0.25) is 0 Å². The van der Waals surface area contributed by atoms with E-state index in [9.17, 15) is 4.79 Å². The molecule has 1 atom stereocenters. The summed E-state index contributed by atoms with van der Waals surface area (Å²) >= 11 is 3.21. The maximum atomic E-state index is 13.0. The third kappa shape index (κ3) is 3.62. The van der Waals surface area contributed by atoms with Crippen LogP contribution in [0.1, 0.15) is 25.8 Å². The first-order valence-corrected chi connectivity index (χ1v) is 11.1. The lowest BCUT2D eigenvalue weighted by molar-refractivity contribution is -0.115. The van der Waals surface area contributed by atoms with Crippen LogP contribution in [0.25, 0.3) is 20.3 Å². The number of carbonyl (C=O) groups excluding carboxylic acids is 1. The number of amides is 1. The van der Waals surface area contributed by atoms with Gasteiger partial charge in [0.15, 0.2) is 0 Å². The number of anilines is 1. The molecule has 1 amide bonds. The van der Waals surface area contributed by atoms with Gasteiger partial charge in [-0.2, -0.15) is 0 Å². The number of nitrogens with zero attached hydrogens (tertiary/aromatic N) is 2. The molecular weight excluding hydrogens is 386 g/mol. The molecule has 0 saturated carbocycles. The van der Waals surface area contributed by atoms with Crippen molar-refractivity contribution < 1.29 is 4.79 Å². The molecule has 2 aromatic heterocycles. The summed E-state index contributed by atoms with van der Waals surface area (Å²) in [6.45, 7) is 4.13. The van der Waals surface area contributed by atoms with E-state index in [1.54, 1.807) is 17.7 Å². The van der Waals surface area contributed by atoms with Crippen molar-refractivity contribution in [2.45, 2.75) is 37.0 Å². The summed E-state index contributed by atoms with van der Waals surface area (Å²) < 4.78 is 2.24. The van der Waals surface area contributed by atoms with Crippen LogP contribution in [0.4, 0.5) is 5.69 Å². The summed E-state index contributed by atoms with van der Waals surface area (Å²) in [7, 11) is 0. The first-order chi connectivity index (χ1) is 13.7. The number of rotatable bonds is 6. The molecule has 0 spiro atoms. The second-order valence-corrected chi connectivity index (χ2v) is 8.71. The molecule has 0 bridgehead atoms. The van der Waals surface area contributed by atoms with Gasteiger partial charge >= 0.3 is 0 Å². The van der Waals surface area contributed by atoms with Crippen LogP contribution < -0.4 is 5.32 Å². The summed E-state index contributed by atoms with van der Waals surface area (Å²) in [5, 5.41) is 4.91. The SMILES string of the molecule is CCc1ccccc1NC(=O)[C@@H](CC)Sc1ncnc2c1sc1ccccc12. The third-order valence-electron chi connectivity index (χ3n) is 4.70. The van der Waals surface area contributed by atoms with Crippen molar-refractivity contribution in [1.29, 1.82) is 0 Å². The minimum Gasteiger partial charge on any atom is -0.325 e. The van der Waals surface area contributed by atoms with Gasteiger partial charge in [-0.25, -0.2) is 9.97 Å². The van der Waals surface area contributed by atoms with Crippen molar-refractivity contribution >= 4 is 55.0 Å². The van der Waals surface area contributed by atoms with E-state index in [0.717, 1.165) is 44.7 Å². The highest BCUT2D eigenvalue weighted by atomic mass is 32.2. The lowest BCUT2D eigenvalue weighted by atomic mass is 10.1. The number of aryl methyl sites for hydroxylation is 1. The molecule has 0 aliphatic carbocycles. The van der Waals surface area contributed by atoms with Crippen LogP contribution in [0, 0.1) is 0 Å². The quantitative estimate of drug-likeness (QED) is 0.318. The number of thiophene rings is 1. The number of thioether (sulfide) groups is 1. The fourth-order valence-corrected chi connectivity index (χ4v) is 5.43. The molecule has 2 aromatic carbocycles. The smallest absolute Gasteiger partial charge is 0.237 e. The van der Waals surface area contributed by atoms with Gasteiger partial charge in [-0.3, -0.25) is 4.79 Å². The average Bonchev–Trinajstić information content (AvgIpc) is 3.12. The van der Waals surface area contributed by atoms with Gasteiger partial charge in [-0.05, 0) is 30.5 Å². The molecule has 0 aliphatic rings. The monoisotopic (exact) mass is 407 g/mol. The Balaban J connectivity index is 1.62. The van der Waals surface area contributed by atoms with Crippen LogP contribution in [-0.2, 0) is 11.2 Å². The number of nitrogens with one attached hydrogen (secondary N) is 1. The molecule has 0 fully saturated rings. The lowest BCUT2D eigenvalue weighted by Crippen LogP contribution is -2.25. The zero-order valence-corrected chi connectivity index (χ0v) is 17.4. The average molecular weight is 408 g/mol. The zero-order chi connectivity index (χ0) is 19.5. The molecule has 0 radical (unpaired) electrons. The van der Waals surface area contributed by atoms with Gasteiger partial charge in [0, 0.05) is 15.8 Å². The van der Waals surface area contributed by atoms with Crippen LogP contribution in [0.15, 0.2) is 59.9 Å². The largest absolute Gasteiger partial charge is 0.325 e. The van der Waals surface area contributed by atoms with E-state index in [-0.39, 0.29) is 11.2 Å². The fraction of sp³-hybridized carbons (Fsp3) is 0.227. The van der Waals surface area contributed by atoms with Crippen molar-refractivity contribution in [2.24, 2.45) is 0 Å². The lowest BCUT2D eigenvalue weighted by Gasteiger charge is -2.16. The van der Waals surface area contributed by atoms with Crippen molar-refractivity contribution in [3.8, 4) is 0 Å². The fourth-order valence-electron chi connectivity index (χ4n) is 3.21. The molecule has 4 nitrogen and oxygen atoms in total. The molecular formula is C22H21N3OS2. The highest BCUT2D eigenvalue weighted by Gasteiger charge is 2.22. The molecule has 1 N–H and O–H groups in total. The van der Waals surface area contributed by atoms with E-state index in [2.05, 4.69) is 40.4 Å². The molecule has 2 heterocycles. The Bertz CT molecular complexity index is 1140. The molecule has 4 aromatic rings. The molecule has 0 unspecified atom stereocenters. The minimum atomic E-state index is -0.215. The summed E-state index contributed by atoms with van der Waals surface area (Å²) in [4.78, 5) is 21.9. The van der Waals surface area contributed by atoms with Gasteiger partial charge in [0.1, 0.15) is 11.4 Å². The topological polar surface area (TPSA) is 54.9 Å². The van der Waals surface area contributed by atoms with E-state index in [4.69, 9.17) is 0 Å². The van der Waals surface area contributed by atoms with E-state index in [0.29, 0.717) is 0 Å². The molecule has 6 heteroatoms. The molecule has 0 saturated heterocycles. The van der Waals surface area contributed by atoms with Gasteiger partial charge in [0.05, 0.1) is 15.5 Å². The Morgan fingerprint density at radius 3 is 2.71 bits per heavy atom. The van der Waals surface area contributed by atoms with Gasteiger partial charge in [-0.1, -0.05) is 62.0 Å². The van der Waals surface area contributed by atoms with Crippen LogP contribution in [0.5, 0.6) is 0 Å². The Morgan fingerprint density at radius 1 is 1.11 bits per heavy atom.